The maximum Gasteiger partial charge on any atom is 0.286 e. The number of hydrogen-bond donors (Lipinski definition) is 0. The van der Waals surface area contributed by atoms with E-state index in [9.17, 15) is 0 Å². The fourth-order valence-electron chi connectivity index (χ4n) is 2.88. The minimum absolute atomic E-state index is 0.243. The molecule has 0 aromatic heterocycles. The second kappa shape index (κ2) is 7.33. The van der Waals surface area contributed by atoms with Gasteiger partial charge in [0.05, 0.1) is 0 Å². The van der Waals surface area contributed by atoms with E-state index in [1.165, 1.54) is 0 Å². The zero-order chi connectivity index (χ0) is 16.7. The predicted molar refractivity (Wildman–Crippen MR) is 85.8 cm³/mol. The normalized spacial score (nSPS) is 10.4. The van der Waals surface area contributed by atoms with Crippen LogP contribution < -0.4 is 0 Å². The number of rotatable bonds is 6. The van der Waals surface area contributed by atoms with Gasteiger partial charge in [-0.05, 0) is 22.3 Å². The minimum Gasteiger partial charge on any atom is -0.423 e. The third kappa shape index (κ3) is 3.62. The van der Waals surface area contributed by atoms with Crippen LogP contribution in [0.15, 0.2) is 48.5 Å². The molecule has 0 atom stereocenters. The quantitative estimate of drug-likeness (QED) is 0.756. The van der Waals surface area contributed by atoms with Crippen LogP contribution in [0, 0.1) is 23.0 Å². The molecule has 0 radical (unpaired) electrons. The van der Waals surface area contributed by atoms with Gasteiger partial charge in [-0.25, -0.2) is 0 Å². The van der Waals surface area contributed by atoms with E-state index in [2.05, 4.69) is 13.8 Å². The van der Waals surface area contributed by atoms with Crippen molar-refractivity contribution in [2.45, 2.75) is 32.5 Å². The van der Waals surface area contributed by atoms with E-state index in [-0.39, 0.29) is 18.6 Å². The van der Waals surface area contributed by atoms with Crippen LogP contribution in [0.2, 0.25) is 0 Å². The highest BCUT2D eigenvalue weighted by atomic mass is 16.5. The maximum atomic E-state index is 8.66. The van der Waals surface area contributed by atoms with E-state index in [0.717, 1.165) is 22.3 Å². The Balaban J connectivity index is 2.47. The molecule has 23 heavy (non-hydrogen) atoms. The molecule has 4 nitrogen and oxygen atoms in total. The highest BCUT2D eigenvalue weighted by molar-refractivity contribution is 5.45. The van der Waals surface area contributed by atoms with Gasteiger partial charge in [0.25, 0.3) is 12.5 Å². The molecule has 0 saturated heterocycles. The first kappa shape index (κ1) is 16.4. The summed E-state index contributed by atoms with van der Waals surface area (Å²) in [5.74, 6) is 0. The molecule has 2 aromatic carbocycles. The molecule has 2 aromatic rings. The lowest BCUT2D eigenvalue weighted by Gasteiger charge is -2.30. The third-order valence-electron chi connectivity index (χ3n) is 3.97. The molecule has 0 aliphatic heterocycles. The third-order valence-corrected chi connectivity index (χ3v) is 3.97. The van der Waals surface area contributed by atoms with E-state index in [0.29, 0.717) is 0 Å². The van der Waals surface area contributed by atoms with Gasteiger partial charge in [-0.2, -0.15) is 10.5 Å². The zero-order valence-electron chi connectivity index (χ0n) is 13.2. The molecule has 116 valence electrons. The Labute approximate surface area is 136 Å². The smallest absolute Gasteiger partial charge is 0.286 e. The van der Waals surface area contributed by atoms with E-state index in [1.54, 1.807) is 12.5 Å². The molecule has 0 amide bonds. The summed E-state index contributed by atoms with van der Waals surface area (Å²) in [6.07, 6.45) is 3.44. The fraction of sp³-hybridized carbons (Fsp3) is 0.263. The average molecular weight is 306 g/mol. The molecule has 0 unspecified atom stereocenters. The molecule has 0 aliphatic rings. The van der Waals surface area contributed by atoms with Crippen molar-refractivity contribution in [1.82, 2.24) is 0 Å². The van der Waals surface area contributed by atoms with Crippen LogP contribution in [0.4, 0.5) is 0 Å². The monoisotopic (exact) mass is 306 g/mol. The van der Waals surface area contributed by atoms with Crippen molar-refractivity contribution in [1.29, 1.82) is 10.5 Å². The Morgan fingerprint density at radius 3 is 1.57 bits per heavy atom. The predicted octanol–water partition coefficient (Wildman–Crippen LogP) is 4.01. The second-order valence-corrected chi connectivity index (χ2v) is 5.70. The molecule has 4 heteroatoms. The molecule has 0 saturated carbocycles. The summed E-state index contributed by atoms with van der Waals surface area (Å²) in [7, 11) is 0. The highest BCUT2D eigenvalue weighted by Gasteiger charge is 2.28. The van der Waals surface area contributed by atoms with Crippen LogP contribution in [-0.2, 0) is 28.1 Å². The van der Waals surface area contributed by atoms with E-state index in [4.69, 9.17) is 20.0 Å². The summed E-state index contributed by atoms with van der Waals surface area (Å²) in [5, 5.41) is 17.3. The van der Waals surface area contributed by atoms with Crippen LogP contribution in [-0.4, -0.2) is 0 Å². The molecule has 2 rings (SSSR count). The summed E-state index contributed by atoms with van der Waals surface area (Å²) in [6.45, 7) is 4.72. The molecular weight excluding hydrogens is 288 g/mol. The number of benzene rings is 2. The summed E-state index contributed by atoms with van der Waals surface area (Å²) >= 11 is 0. The Hall–Kier alpha value is -2.98. The van der Waals surface area contributed by atoms with Crippen molar-refractivity contribution in [3.63, 3.8) is 0 Å². The van der Waals surface area contributed by atoms with Crippen LogP contribution >= 0.6 is 0 Å². The van der Waals surface area contributed by atoms with Gasteiger partial charge in [0, 0.05) is 5.41 Å². The van der Waals surface area contributed by atoms with Gasteiger partial charge in [-0.15, -0.1) is 0 Å². The lowest BCUT2D eigenvalue weighted by molar-refractivity contribution is 0.253. The molecule has 0 N–H and O–H groups in total. The topological polar surface area (TPSA) is 66.0 Å². The first-order chi connectivity index (χ1) is 11.1. The SMILES string of the molecule is CC(C)(c1ccccc1COC#N)c1ccccc1COC#N. The largest absolute Gasteiger partial charge is 0.423 e. The summed E-state index contributed by atoms with van der Waals surface area (Å²) < 4.78 is 9.85. The van der Waals surface area contributed by atoms with E-state index in [1.807, 2.05) is 48.5 Å². The van der Waals surface area contributed by atoms with Crippen molar-refractivity contribution in [3.8, 4) is 12.5 Å². The van der Waals surface area contributed by atoms with Crippen LogP contribution in [0.3, 0.4) is 0 Å². The van der Waals surface area contributed by atoms with E-state index < -0.39 is 0 Å². The number of hydrogen-bond acceptors (Lipinski definition) is 4. The second-order valence-electron chi connectivity index (χ2n) is 5.70. The average Bonchev–Trinajstić information content (AvgIpc) is 2.58. The lowest BCUT2D eigenvalue weighted by Crippen LogP contribution is -2.23. The van der Waals surface area contributed by atoms with Crippen molar-refractivity contribution in [2.75, 3.05) is 0 Å². The van der Waals surface area contributed by atoms with Gasteiger partial charge in [0.1, 0.15) is 13.2 Å². The van der Waals surface area contributed by atoms with Crippen molar-refractivity contribution in [2.24, 2.45) is 0 Å². The molecular formula is C19H18N2O2. The zero-order valence-corrected chi connectivity index (χ0v) is 13.2. The lowest BCUT2D eigenvalue weighted by atomic mass is 9.74. The van der Waals surface area contributed by atoms with Crippen molar-refractivity contribution in [3.05, 3.63) is 70.8 Å². The van der Waals surface area contributed by atoms with Gasteiger partial charge in [0.2, 0.25) is 0 Å². The standard InChI is InChI=1S/C19H18N2O2/c1-19(2,17-9-5-3-7-15(17)11-22-13-20)18-10-6-4-8-16(18)12-23-14-21/h3-10H,11-12H2,1-2H3. The number of nitrogens with zero attached hydrogens (tertiary/aromatic N) is 2. The van der Waals surface area contributed by atoms with Crippen molar-refractivity contribution < 1.29 is 9.47 Å². The van der Waals surface area contributed by atoms with E-state index >= 15 is 0 Å². The van der Waals surface area contributed by atoms with Gasteiger partial charge in [0.15, 0.2) is 0 Å². The number of ether oxygens (including phenoxy) is 2. The maximum absolute atomic E-state index is 8.66. The molecule has 0 bridgehead atoms. The van der Waals surface area contributed by atoms with Crippen LogP contribution in [0.1, 0.15) is 36.1 Å². The first-order valence-electron chi connectivity index (χ1n) is 7.29. The number of nitriles is 2. The Morgan fingerprint density at radius 1 is 0.783 bits per heavy atom. The fourth-order valence-corrected chi connectivity index (χ4v) is 2.88. The van der Waals surface area contributed by atoms with Crippen LogP contribution in [0.5, 0.6) is 0 Å². The molecule has 0 fully saturated rings. The summed E-state index contributed by atoms with van der Waals surface area (Å²) in [4.78, 5) is 0. The Morgan fingerprint density at radius 2 is 1.17 bits per heavy atom. The van der Waals surface area contributed by atoms with Gasteiger partial charge in [-0.1, -0.05) is 62.4 Å². The molecule has 0 spiro atoms. The van der Waals surface area contributed by atoms with Crippen molar-refractivity contribution >= 4 is 0 Å². The van der Waals surface area contributed by atoms with Gasteiger partial charge < -0.3 is 9.47 Å². The summed E-state index contributed by atoms with van der Waals surface area (Å²) in [6, 6.07) is 15.8. The Bertz CT molecular complexity index is 691. The molecule has 0 heterocycles. The van der Waals surface area contributed by atoms with Gasteiger partial charge >= 0.3 is 0 Å². The van der Waals surface area contributed by atoms with Gasteiger partial charge in [-0.3, -0.25) is 0 Å². The van der Waals surface area contributed by atoms with Crippen LogP contribution in [0.25, 0.3) is 0 Å². The molecule has 0 aliphatic carbocycles. The minimum atomic E-state index is -0.315. The Kier molecular flexibility index (Phi) is 5.23. The first-order valence-corrected chi connectivity index (χ1v) is 7.29. The highest BCUT2D eigenvalue weighted by Crippen LogP contribution is 2.36. The summed E-state index contributed by atoms with van der Waals surface area (Å²) in [5.41, 5.74) is 3.79.